The third-order valence-corrected chi connectivity index (χ3v) is 2.87. The summed E-state index contributed by atoms with van der Waals surface area (Å²) in [6.45, 7) is 5.76. The van der Waals surface area contributed by atoms with Gasteiger partial charge in [0, 0.05) is 25.0 Å². The number of rotatable bonds is 3. The molecule has 1 aliphatic heterocycles. The van der Waals surface area contributed by atoms with Gasteiger partial charge in [-0.2, -0.15) is 0 Å². The summed E-state index contributed by atoms with van der Waals surface area (Å²) in [5, 5.41) is 0. The molecule has 0 spiro atoms. The Bertz CT molecular complexity index is 183. The van der Waals surface area contributed by atoms with E-state index in [1.165, 1.54) is 0 Å². The number of hydrogen-bond acceptors (Lipinski definition) is 2. The molecule has 0 aromatic heterocycles. The van der Waals surface area contributed by atoms with Crippen molar-refractivity contribution >= 4 is 18.3 Å². The van der Waals surface area contributed by atoms with Crippen LogP contribution >= 0.6 is 12.4 Å². The summed E-state index contributed by atoms with van der Waals surface area (Å²) in [7, 11) is 0. The lowest BCUT2D eigenvalue weighted by Crippen LogP contribution is -2.36. The van der Waals surface area contributed by atoms with Crippen LogP contribution in [0.2, 0.25) is 0 Å². The molecular weight excluding hydrogens is 200 g/mol. The molecule has 84 valence electrons. The molecule has 4 heteroatoms. The molecule has 1 heterocycles. The summed E-state index contributed by atoms with van der Waals surface area (Å²) in [4.78, 5) is 13.7. The van der Waals surface area contributed by atoms with E-state index in [9.17, 15) is 4.79 Å². The highest BCUT2D eigenvalue weighted by Gasteiger charge is 2.27. The summed E-state index contributed by atoms with van der Waals surface area (Å²) >= 11 is 0. The van der Waals surface area contributed by atoms with E-state index < -0.39 is 0 Å². The largest absolute Gasteiger partial charge is 0.341 e. The van der Waals surface area contributed by atoms with Crippen LogP contribution in [0.25, 0.3) is 0 Å². The van der Waals surface area contributed by atoms with E-state index in [0.29, 0.717) is 5.91 Å². The molecule has 0 aromatic rings. The first kappa shape index (κ1) is 13.7. The van der Waals surface area contributed by atoms with E-state index in [-0.39, 0.29) is 24.4 Å². The average molecular weight is 221 g/mol. The van der Waals surface area contributed by atoms with Crippen LogP contribution in [0.4, 0.5) is 0 Å². The van der Waals surface area contributed by atoms with Crippen molar-refractivity contribution in [2.75, 3.05) is 13.1 Å². The van der Waals surface area contributed by atoms with E-state index in [1.807, 2.05) is 4.90 Å². The van der Waals surface area contributed by atoms with Gasteiger partial charge in [0.2, 0.25) is 5.91 Å². The topological polar surface area (TPSA) is 46.3 Å². The Kier molecular flexibility index (Phi) is 6.12. The predicted octanol–water partition coefficient (Wildman–Crippen LogP) is 1.40. The molecule has 1 saturated heterocycles. The van der Waals surface area contributed by atoms with Crippen molar-refractivity contribution in [3.63, 3.8) is 0 Å². The van der Waals surface area contributed by atoms with Crippen molar-refractivity contribution in [3.05, 3.63) is 0 Å². The third kappa shape index (κ3) is 3.14. The van der Waals surface area contributed by atoms with Gasteiger partial charge >= 0.3 is 0 Å². The van der Waals surface area contributed by atoms with E-state index in [1.54, 1.807) is 0 Å². The summed E-state index contributed by atoms with van der Waals surface area (Å²) in [5.74, 6) is 0.517. The lowest BCUT2D eigenvalue weighted by Gasteiger charge is -2.21. The van der Waals surface area contributed by atoms with Crippen molar-refractivity contribution in [1.29, 1.82) is 0 Å². The second kappa shape index (κ2) is 6.25. The number of hydrogen-bond donors (Lipinski definition) is 1. The van der Waals surface area contributed by atoms with Gasteiger partial charge in [-0.25, -0.2) is 0 Å². The second-order valence-corrected chi connectivity index (χ2v) is 3.85. The van der Waals surface area contributed by atoms with Crippen molar-refractivity contribution in [1.82, 2.24) is 4.90 Å². The lowest BCUT2D eigenvalue weighted by molar-refractivity contribution is -0.134. The van der Waals surface area contributed by atoms with Crippen molar-refractivity contribution in [3.8, 4) is 0 Å². The Morgan fingerprint density at radius 3 is 2.43 bits per heavy atom. The average Bonchev–Trinajstić information content (AvgIpc) is 2.54. The summed E-state index contributed by atoms with van der Waals surface area (Å²) in [6, 6.07) is 0.207. The standard InChI is InChI=1S/C10H20N2O.ClH/c1-3-8(4-2)10(13)12-6-5-9(11)7-12;/h8-9H,3-7,11H2,1-2H3;1H/t9-;/m0./s1. The number of carbonyl (C=O) groups is 1. The fourth-order valence-electron chi connectivity index (χ4n) is 1.88. The summed E-state index contributed by atoms with van der Waals surface area (Å²) in [6.07, 6.45) is 2.86. The van der Waals surface area contributed by atoms with Crippen molar-refractivity contribution in [2.24, 2.45) is 11.7 Å². The maximum atomic E-state index is 11.8. The molecule has 14 heavy (non-hydrogen) atoms. The first-order valence-electron chi connectivity index (χ1n) is 5.23. The van der Waals surface area contributed by atoms with Crippen molar-refractivity contribution in [2.45, 2.75) is 39.2 Å². The van der Waals surface area contributed by atoms with Crippen LogP contribution in [0.15, 0.2) is 0 Å². The molecule has 0 unspecified atom stereocenters. The zero-order chi connectivity index (χ0) is 9.84. The third-order valence-electron chi connectivity index (χ3n) is 2.87. The van der Waals surface area contributed by atoms with Crippen LogP contribution in [-0.2, 0) is 4.79 Å². The minimum atomic E-state index is 0. The van der Waals surface area contributed by atoms with Crippen LogP contribution < -0.4 is 5.73 Å². The molecule has 3 nitrogen and oxygen atoms in total. The number of likely N-dealkylation sites (tertiary alicyclic amines) is 1. The Morgan fingerprint density at radius 1 is 1.50 bits per heavy atom. The minimum Gasteiger partial charge on any atom is -0.341 e. The Labute approximate surface area is 92.4 Å². The lowest BCUT2D eigenvalue weighted by atomic mass is 10.0. The number of nitrogens with two attached hydrogens (primary N) is 1. The highest BCUT2D eigenvalue weighted by Crippen LogP contribution is 2.16. The van der Waals surface area contributed by atoms with Crippen LogP contribution in [0.1, 0.15) is 33.1 Å². The van der Waals surface area contributed by atoms with E-state index in [4.69, 9.17) is 5.73 Å². The van der Waals surface area contributed by atoms with Gasteiger partial charge in [-0.1, -0.05) is 13.8 Å². The molecule has 0 saturated carbocycles. The normalized spacial score (nSPS) is 21.1. The number of carbonyl (C=O) groups excluding carboxylic acids is 1. The quantitative estimate of drug-likeness (QED) is 0.782. The van der Waals surface area contributed by atoms with Gasteiger partial charge in [-0.3, -0.25) is 4.79 Å². The molecule has 0 aromatic carbocycles. The Morgan fingerprint density at radius 2 is 2.07 bits per heavy atom. The van der Waals surface area contributed by atoms with Crippen molar-refractivity contribution < 1.29 is 4.79 Å². The first-order valence-corrected chi connectivity index (χ1v) is 5.23. The van der Waals surface area contributed by atoms with Gasteiger partial charge in [0.1, 0.15) is 0 Å². The maximum absolute atomic E-state index is 11.8. The Balaban J connectivity index is 0.00000169. The van der Waals surface area contributed by atoms with E-state index in [2.05, 4.69) is 13.8 Å². The van der Waals surface area contributed by atoms with Crippen LogP contribution in [0, 0.1) is 5.92 Å². The highest BCUT2D eigenvalue weighted by molar-refractivity contribution is 5.85. The zero-order valence-corrected chi connectivity index (χ0v) is 9.85. The summed E-state index contributed by atoms with van der Waals surface area (Å²) in [5.41, 5.74) is 5.75. The molecule has 2 N–H and O–H groups in total. The molecule has 1 rings (SSSR count). The van der Waals surface area contributed by atoms with Crippen LogP contribution in [-0.4, -0.2) is 29.9 Å². The SMILES string of the molecule is CCC(CC)C(=O)N1CC[C@H](N)C1.Cl. The molecule has 0 bridgehead atoms. The molecule has 1 fully saturated rings. The van der Waals surface area contributed by atoms with E-state index in [0.717, 1.165) is 32.4 Å². The van der Waals surface area contributed by atoms with Gasteiger partial charge in [-0.05, 0) is 19.3 Å². The second-order valence-electron chi connectivity index (χ2n) is 3.85. The fraction of sp³-hybridized carbons (Fsp3) is 0.900. The zero-order valence-electron chi connectivity index (χ0n) is 9.03. The van der Waals surface area contributed by atoms with Gasteiger partial charge < -0.3 is 10.6 Å². The van der Waals surface area contributed by atoms with Crippen LogP contribution in [0.5, 0.6) is 0 Å². The van der Waals surface area contributed by atoms with Crippen LogP contribution in [0.3, 0.4) is 0 Å². The monoisotopic (exact) mass is 220 g/mol. The fourth-order valence-corrected chi connectivity index (χ4v) is 1.88. The number of amides is 1. The summed E-state index contributed by atoms with van der Waals surface area (Å²) < 4.78 is 0. The number of nitrogens with zero attached hydrogens (tertiary/aromatic N) is 1. The van der Waals surface area contributed by atoms with Gasteiger partial charge in [0.25, 0.3) is 0 Å². The molecule has 1 amide bonds. The maximum Gasteiger partial charge on any atom is 0.225 e. The molecular formula is C10H21ClN2O. The molecule has 1 atom stereocenters. The van der Waals surface area contributed by atoms with Gasteiger partial charge in [0.05, 0.1) is 0 Å². The van der Waals surface area contributed by atoms with E-state index >= 15 is 0 Å². The minimum absolute atomic E-state index is 0. The molecule has 0 radical (unpaired) electrons. The van der Waals surface area contributed by atoms with Gasteiger partial charge in [-0.15, -0.1) is 12.4 Å². The predicted molar refractivity (Wildman–Crippen MR) is 60.5 cm³/mol. The van der Waals surface area contributed by atoms with Gasteiger partial charge in [0.15, 0.2) is 0 Å². The molecule has 1 aliphatic rings. The Hall–Kier alpha value is -0.280. The first-order chi connectivity index (χ1) is 6.19. The molecule has 0 aliphatic carbocycles. The highest BCUT2D eigenvalue weighted by atomic mass is 35.5. The number of halogens is 1. The smallest absolute Gasteiger partial charge is 0.225 e.